The molecule has 12 bridgehead atoms. The molecule has 0 spiro atoms. The molecule has 12 aliphatic heterocycles. The van der Waals surface area contributed by atoms with Gasteiger partial charge in [0.15, 0.2) is 0 Å². The summed E-state index contributed by atoms with van der Waals surface area (Å²) >= 11 is 0. The Kier molecular flexibility index (Phi) is 67.4. The number of rotatable bonds is 48. The SMILES string of the molecule is CCCC[N+](C)(C)CCCB1C2CCCC1CCC2.CCCC[N+](C)(C)CCCB1C2CCCC1CCC2.CCCC[N+](C)(C)CCCB1C2CCCC1CCC2.CCCC[P+](CCCB1C2CCCC1CCC2)(c1ccccc1)c1ccccc1.CCCC[P+](CCCB1C2CCCC1CCC2)(c1ccccc1)c1ccccc1.CCCC[P+](CCCB1C2CCCC1CCC2)(c1ccccc1)c1ccccc1.[Br-].[Br-].[Cl-].[Cl-].[I-].[I-]. The van der Waals surface area contributed by atoms with Gasteiger partial charge in [-0.1, -0.05) is 528 Å². The Hall–Kier alpha value is -0.120. The average Bonchev–Trinajstić information content (AvgIpc) is 0.781. The van der Waals surface area contributed by atoms with Crippen LogP contribution in [0.5, 0.6) is 0 Å². The minimum absolute atomic E-state index is 0. The molecule has 18 heteroatoms. The van der Waals surface area contributed by atoms with Gasteiger partial charge in [-0.2, -0.15) is 0 Å². The lowest BCUT2D eigenvalue weighted by Crippen LogP contribution is -3.00. The second-order valence-electron chi connectivity index (χ2n) is 52.7. The van der Waals surface area contributed by atoms with Gasteiger partial charge in [0.1, 0.15) is 40.3 Å². The fraction of sp³-hybridized carbons (Fsp3) is 0.727. The van der Waals surface area contributed by atoms with E-state index in [9.17, 15) is 0 Å². The van der Waals surface area contributed by atoms with E-state index in [1.54, 1.807) is 109 Å². The normalized spacial score (nSPS) is 23.2. The zero-order valence-corrected chi connectivity index (χ0v) is 110. The molecule has 12 fully saturated rings. The maximum absolute atomic E-state index is 2.44. The van der Waals surface area contributed by atoms with Crippen molar-refractivity contribution in [3.05, 3.63) is 182 Å². The summed E-state index contributed by atoms with van der Waals surface area (Å²) in [5.74, 6) is 13.0. The summed E-state index contributed by atoms with van der Waals surface area (Å²) < 4.78 is 3.74. The molecule has 6 aromatic rings. The Bertz CT molecular complexity index is 3700. The molecule has 6 aromatic carbocycles. The van der Waals surface area contributed by atoms with Crippen molar-refractivity contribution in [1.29, 1.82) is 0 Å². The van der Waals surface area contributed by atoms with Crippen LogP contribution in [0.25, 0.3) is 0 Å². The summed E-state index contributed by atoms with van der Waals surface area (Å²) in [6, 6.07) is 69.6. The van der Waals surface area contributed by atoms with Crippen molar-refractivity contribution in [3.8, 4) is 0 Å². The first-order chi connectivity index (χ1) is 70.4. The molecule has 12 heterocycles. The van der Waals surface area contributed by atoms with Crippen molar-refractivity contribution in [3.63, 3.8) is 0 Å². The summed E-state index contributed by atoms with van der Waals surface area (Å²) in [5, 5.41) is 9.85. The molecular weight excluding hydrogens is 2270 g/mol. The zero-order valence-electron chi connectivity index (χ0n) is 98.6. The van der Waals surface area contributed by atoms with Gasteiger partial charge in [-0.25, -0.2) is 0 Å². The van der Waals surface area contributed by atoms with E-state index in [4.69, 9.17) is 0 Å². The van der Waals surface area contributed by atoms with Gasteiger partial charge < -0.3 is 120 Å². The molecule has 3 nitrogen and oxygen atoms in total. The van der Waals surface area contributed by atoms with E-state index >= 15 is 0 Å². The van der Waals surface area contributed by atoms with E-state index in [2.05, 4.69) is 266 Å². The fourth-order valence-electron chi connectivity index (χ4n) is 33.8. The number of fused-ring (bicyclic) bond motifs is 12. The minimum Gasteiger partial charge on any atom is -1.00 e. The quantitative estimate of drug-likeness (QED) is 0.0155. The summed E-state index contributed by atoms with van der Waals surface area (Å²) in [5.41, 5.74) is 0. The lowest BCUT2D eigenvalue weighted by atomic mass is 9.26. The number of benzene rings is 6. The zero-order chi connectivity index (χ0) is 101. The topological polar surface area (TPSA) is 0 Å². The Morgan fingerprint density at radius 3 is 0.440 bits per heavy atom. The lowest BCUT2D eigenvalue weighted by molar-refractivity contribution is -0.890. The van der Waals surface area contributed by atoms with Crippen LogP contribution in [0.2, 0.25) is 108 Å². The lowest BCUT2D eigenvalue weighted by Gasteiger charge is -2.41. The predicted octanol–water partition coefficient (Wildman–Crippen LogP) is 18.9. The molecule has 0 N–H and O–H groups in total. The van der Waals surface area contributed by atoms with Gasteiger partial charge in [0.2, 0.25) is 0 Å². The summed E-state index contributed by atoms with van der Waals surface area (Å²) in [7, 11) is 10.6. The van der Waals surface area contributed by atoms with Crippen LogP contribution in [0.3, 0.4) is 0 Å². The molecule has 0 atom stereocenters. The molecule has 0 amide bonds. The molecular formula is C132H222B6Br2Cl2I2N3P3. The average molecular weight is 2490 g/mol. The Balaban J connectivity index is 0.000000244. The van der Waals surface area contributed by atoms with Crippen LogP contribution in [-0.4, -0.2) is 172 Å². The molecule has 0 saturated carbocycles. The standard InChI is InChI=1S/3C27H39BP.3C17H35BN.2BrH.2ClH.2HI/c3*1-2-3-22-29(26-17-6-4-7-18-26,27-19-8-5-9-20-27)23-12-21-28-24-13-10-14-25(28)16-11-15-24;3*1-4-5-14-19(2,3)15-8-13-18-16-9-6-10-17(18)12-7-11-16;;;;;;/h3*4-9,17-20,24-25H,2-3,10-16,21-23H2,1H3;3*16-17H,4-15H2,1-3H3;6*1H/q6*+1;;;;;;/p-6. The third kappa shape index (κ3) is 41.9. The molecule has 150 heavy (non-hydrogen) atoms. The number of quaternary nitrogens is 3. The van der Waals surface area contributed by atoms with Crippen molar-refractivity contribution >= 4 is 93.9 Å². The highest BCUT2D eigenvalue weighted by Gasteiger charge is 2.50. The molecule has 0 radical (unpaired) electrons. The molecule has 12 saturated heterocycles. The second kappa shape index (κ2) is 73.9. The van der Waals surface area contributed by atoms with Crippen LogP contribution < -0.4 is 139 Å². The van der Waals surface area contributed by atoms with Gasteiger partial charge in [-0.05, 0) is 150 Å². The van der Waals surface area contributed by atoms with E-state index in [1.165, 1.54) is 397 Å². The smallest absolute Gasteiger partial charge is 0.146 e. The molecule has 0 aliphatic carbocycles. The van der Waals surface area contributed by atoms with Crippen molar-refractivity contribution in [2.75, 3.05) is 119 Å². The van der Waals surface area contributed by atoms with Crippen LogP contribution in [-0.2, 0) is 0 Å². The Morgan fingerprint density at radius 2 is 0.307 bits per heavy atom. The number of hydrogen-bond donors (Lipinski definition) is 0. The van der Waals surface area contributed by atoms with E-state index in [0.29, 0.717) is 0 Å². The highest BCUT2D eigenvalue weighted by molar-refractivity contribution is 7.90. The van der Waals surface area contributed by atoms with Crippen molar-refractivity contribution in [2.45, 2.75) is 496 Å². The van der Waals surface area contributed by atoms with Gasteiger partial charge in [0, 0.05) is 0 Å². The molecule has 18 rings (SSSR count). The van der Waals surface area contributed by atoms with Gasteiger partial charge in [-0.3, -0.25) is 0 Å². The molecule has 0 unspecified atom stereocenters. The van der Waals surface area contributed by atoms with Crippen LogP contribution in [0, 0.1) is 0 Å². The highest BCUT2D eigenvalue weighted by Crippen LogP contribution is 2.63. The van der Waals surface area contributed by atoms with Crippen molar-refractivity contribution in [1.82, 2.24) is 0 Å². The summed E-state index contributed by atoms with van der Waals surface area (Å²) in [4.78, 5) is 0. The Morgan fingerprint density at radius 1 is 0.187 bits per heavy atom. The summed E-state index contributed by atoms with van der Waals surface area (Å²) in [6.45, 7) is 28.7. The maximum atomic E-state index is 2.44. The highest BCUT2D eigenvalue weighted by atomic mass is 127. The van der Waals surface area contributed by atoms with Gasteiger partial charge in [0.25, 0.3) is 0 Å². The largest absolute Gasteiger partial charge is 1.00 e. The molecule has 12 aliphatic rings. The molecule has 840 valence electrons. The number of nitrogens with zero attached hydrogens (tertiary/aromatic N) is 3. The summed E-state index contributed by atoms with van der Waals surface area (Å²) in [6.07, 6.45) is 97.4. The van der Waals surface area contributed by atoms with E-state index < -0.39 is 21.8 Å². The third-order valence-electron chi connectivity index (χ3n) is 41.7. The van der Waals surface area contributed by atoms with E-state index in [0.717, 1.165) is 110 Å². The van der Waals surface area contributed by atoms with Gasteiger partial charge in [-0.15, -0.1) is 0 Å². The maximum Gasteiger partial charge on any atom is 0.146 e. The molecule has 0 aromatic heterocycles. The minimum atomic E-state index is -1.31. The number of halogens is 6. The Labute approximate surface area is 1000 Å². The van der Waals surface area contributed by atoms with E-state index in [1.807, 2.05) is 0 Å². The van der Waals surface area contributed by atoms with Gasteiger partial charge in [0.05, 0.1) is 172 Å². The second-order valence-corrected chi connectivity index (χ2v) is 64.2. The number of hydrogen-bond acceptors (Lipinski definition) is 0. The van der Waals surface area contributed by atoms with E-state index in [-0.39, 0.29) is 107 Å². The van der Waals surface area contributed by atoms with Crippen LogP contribution >= 0.6 is 21.8 Å². The third-order valence-corrected chi connectivity index (χ3v) is 55.9. The van der Waals surface area contributed by atoms with Crippen LogP contribution in [0.4, 0.5) is 0 Å². The van der Waals surface area contributed by atoms with Crippen LogP contribution in [0.1, 0.15) is 388 Å². The number of unbranched alkanes of at least 4 members (excludes halogenated alkanes) is 6. The monoisotopic (exact) mass is 2490 g/mol. The van der Waals surface area contributed by atoms with Crippen molar-refractivity contribution < 1.29 is 120 Å². The predicted molar refractivity (Wildman–Crippen MR) is 664 cm³/mol. The van der Waals surface area contributed by atoms with Gasteiger partial charge >= 0.3 is 0 Å². The van der Waals surface area contributed by atoms with Crippen molar-refractivity contribution in [2.24, 2.45) is 0 Å². The first-order valence-corrected chi connectivity index (χ1v) is 70.3. The first-order valence-electron chi connectivity index (χ1n) is 63.8. The first kappa shape index (κ1) is 137. The fourth-order valence-corrected chi connectivity index (χ4v) is 47.6. The van der Waals surface area contributed by atoms with Crippen LogP contribution in [0.15, 0.2) is 182 Å².